The number of furan rings is 1. The first-order chi connectivity index (χ1) is 17.3. The molecule has 5 aromatic rings. The Balaban J connectivity index is 1.48. The average Bonchev–Trinajstić information content (AvgIpc) is 3.48. The van der Waals surface area contributed by atoms with Gasteiger partial charge in [-0.1, -0.05) is 47.5 Å². The van der Waals surface area contributed by atoms with Crippen molar-refractivity contribution < 1.29 is 23.4 Å². The number of rotatable bonds is 7. The topological polar surface area (TPSA) is 102 Å². The molecule has 3 aromatic heterocycles. The highest BCUT2D eigenvalue weighted by molar-refractivity contribution is 7.68. The Morgan fingerprint density at radius 3 is 2.50 bits per heavy atom. The van der Waals surface area contributed by atoms with Gasteiger partial charge in [0.05, 0.1) is 16.0 Å². The standard InChI is InChI=1S/C25H17Cl2N2O5PS/c1-33-35(32,22-9-8-16(26)11-17(22)27)29-19-13-23(36-24(19)25(30)31)15-6-4-14(5-7-15)21-12-18-20(34-21)3-2-10-28-18/h2-13H,1H3,(H,29,32)(H,30,31). The molecule has 3 heterocycles. The maximum atomic E-state index is 13.6. The molecule has 2 N–H and O–H groups in total. The lowest BCUT2D eigenvalue weighted by atomic mass is 10.1. The largest absolute Gasteiger partial charge is 0.477 e. The van der Waals surface area contributed by atoms with E-state index in [9.17, 15) is 14.5 Å². The number of carbonyl (C=O) groups is 1. The molecule has 0 aliphatic rings. The van der Waals surface area contributed by atoms with Crippen LogP contribution in [0.3, 0.4) is 0 Å². The number of carboxylic acid groups (broad SMARTS) is 1. The fraction of sp³-hybridized carbons (Fsp3) is 0.0400. The number of thiophene rings is 1. The first kappa shape index (κ1) is 24.6. The summed E-state index contributed by atoms with van der Waals surface area (Å²) in [5, 5.41) is 13.3. The molecule has 5 rings (SSSR count). The second-order valence-corrected chi connectivity index (χ2v) is 11.7. The summed E-state index contributed by atoms with van der Waals surface area (Å²) in [6.07, 6.45) is 1.70. The monoisotopic (exact) mass is 558 g/mol. The molecule has 1 unspecified atom stereocenters. The zero-order chi connectivity index (χ0) is 25.4. The van der Waals surface area contributed by atoms with Crippen molar-refractivity contribution in [2.24, 2.45) is 0 Å². The van der Waals surface area contributed by atoms with E-state index < -0.39 is 13.5 Å². The van der Waals surface area contributed by atoms with E-state index in [-0.39, 0.29) is 20.9 Å². The number of halogens is 2. The van der Waals surface area contributed by atoms with Crippen LogP contribution in [0.5, 0.6) is 0 Å². The SMILES string of the molecule is COP(=O)(Nc1cc(-c2ccc(-c3cc4ncccc4o3)cc2)sc1C(=O)O)c1ccc(Cl)cc1Cl. The highest BCUT2D eigenvalue weighted by atomic mass is 35.5. The molecular weight excluding hydrogens is 542 g/mol. The van der Waals surface area contributed by atoms with Crippen molar-refractivity contribution in [3.63, 3.8) is 0 Å². The number of carboxylic acids is 1. The molecule has 36 heavy (non-hydrogen) atoms. The summed E-state index contributed by atoms with van der Waals surface area (Å²) in [6.45, 7) is 0. The van der Waals surface area contributed by atoms with Gasteiger partial charge in [0.15, 0.2) is 5.58 Å². The molecule has 0 aliphatic heterocycles. The molecule has 182 valence electrons. The lowest BCUT2D eigenvalue weighted by Crippen LogP contribution is -2.15. The summed E-state index contributed by atoms with van der Waals surface area (Å²) >= 11 is 13.3. The zero-order valence-corrected chi connectivity index (χ0v) is 21.8. The first-order valence-electron chi connectivity index (χ1n) is 10.5. The van der Waals surface area contributed by atoms with Crippen molar-refractivity contribution in [3.8, 4) is 21.8 Å². The van der Waals surface area contributed by atoms with Crippen molar-refractivity contribution in [2.45, 2.75) is 0 Å². The lowest BCUT2D eigenvalue weighted by Gasteiger charge is -2.19. The third-order valence-electron chi connectivity index (χ3n) is 5.42. The van der Waals surface area contributed by atoms with Gasteiger partial charge >= 0.3 is 13.5 Å². The number of hydrogen-bond acceptors (Lipinski definition) is 6. The number of aromatic carboxylic acids is 1. The van der Waals surface area contributed by atoms with E-state index in [2.05, 4.69) is 10.1 Å². The van der Waals surface area contributed by atoms with Crippen LogP contribution >= 0.6 is 42.1 Å². The van der Waals surface area contributed by atoms with Crippen LogP contribution in [0.15, 0.2) is 77.3 Å². The van der Waals surface area contributed by atoms with Crippen molar-refractivity contribution in [2.75, 3.05) is 12.2 Å². The smallest absolute Gasteiger partial charge is 0.348 e. The predicted molar refractivity (Wildman–Crippen MR) is 144 cm³/mol. The van der Waals surface area contributed by atoms with Gasteiger partial charge in [0.1, 0.15) is 16.2 Å². The molecule has 7 nitrogen and oxygen atoms in total. The van der Waals surface area contributed by atoms with Gasteiger partial charge in [0.2, 0.25) is 0 Å². The predicted octanol–water partition coefficient (Wildman–Crippen LogP) is 7.81. The van der Waals surface area contributed by atoms with Gasteiger partial charge in [-0.05, 0) is 42.0 Å². The Bertz CT molecular complexity index is 1620. The van der Waals surface area contributed by atoms with Crippen molar-refractivity contribution in [1.29, 1.82) is 0 Å². The van der Waals surface area contributed by atoms with Gasteiger partial charge in [-0.25, -0.2) is 4.79 Å². The Morgan fingerprint density at radius 1 is 1.08 bits per heavy atom. The summed E-state index contributed by atoms with van der Waals surface area (Å²) in [5.74, 6) is -0.485. The minimum atomic E-state index is -3.75. The van der Waals surface area contributed by atoms with E-state index in [1.54, 1.807) is 12.3 Å². The summed E-state index contributed by atoms with van der Waals surface area (Å²) in [4.78, 5) is 16.9. The molecule has 0 saturated carbocycles. The summed E-state index contributed by atoms with van der Waals surface area (Å²) in [5.41, 5.74) is 3.25. The Morgan fingerprint density at radius 2 is 1.83 bits per heavy atom. The molecule has 0 amide bonds. The van der Waals surface area contributed by atoms with Gasteiger partial charge in [-0.2, -0.15) is 0 Å². The lowest BCUT2D eigenvalue weighted by molar-refractivity contribution is 0.0703. The number of aromatic nitrogens is 1. The fourth-order valence-electron chi connectivity index (χ4n) is 3.67. The van der Waals surface area contributed by atoms with Crippen LogP contribution in [-0.2, 0) is 9.09 Å². The van der Waals surface area contributed by atoms with Gasteiger partial charge in [-0.15, -0.1) is 11.3 Å². The van der Waals surface area contributed by atoms with Crippen molar-refractivity contribution in [1.82, 2.24) is 4.98 Å². The summed E-state index contributed by atoms with van der Waals surface area (Å²) in [7, 11) is -2.49. The molecule has 11 heteroatoms. The second-order valence-electron chi connectivity index (χ2n) is 7.67. The van der Waals surface area contributed by atoms with E-state index in [1.807, 2.05) is 42.5 Å². The maximum absolute atomic E-state index is 13.6. The van der Waals surface area contributed by atoms with Crippen LogP contribution in [0.2, 0.25) is 10.0 Å². The maximum Gasteiger partial charge on any atom is 0.348 e. The highest BCUT2D eigenvalue weighted by Crippen LogP contribution is 2.49. The summed E-state index contributed by atoms with van der Waals surface area (Å²) < 4.78 is 24.8. The third kappa shape index (κ3) is 4.66. The van der Waals surface area contributed by atoms with Crippen LogP contribution in [0.1, 0.15) is 9.67 Å². The number of fused-ring (bicyclic) bond motifs is 1. The first-order valence-corrected chi connectivity index (χ1v) is 13.7. The Hall–Kier alpha value is -3.13. The average molecular weight is 559 g/mol. The third-order valence-corrected chi connectivity index (χ3v) is 9.34. The second kappa shape index (κ2) is 9.73. The van der Waals surface area contributed by atoms with E-state index >= 15 is 0 Å². The van der Waals surface area contributed by atoms with E-state index in [4.69, 9.17) is 32.1 Å². The number of nitrogens with zero attached hydrogens (tertiary/aromatic N) is 1. The summed E-state index contributed by atoms with van der Waals surface area (Å²) in [6, 6.07) is 19.1. The normalized spacial score (nSPS) is 13.0. The van der Waals surface area contributed by atoms with Crippen LogP contribution in [0, 0.1) is 0 Å². The minimum Gasteiger partial charge on any atom is -0.477 e. The molecule has 0 aliphatic carbocycles. The molecule has 2 aromatic carbocycles. The molecule has 1 atom stereocenters. The molecule has 0 bridgehead atoms. The number of pyridine rings is 1. The van der Waals surface area contributed by atoms with Gasteiger partial charge in [0.25, 0.3) is 0 Å². The number of nitrogens with one attached hydrogen (secondary N) is 1. The molecule has 0 saturated heterocycles. The Kier molecular flexibility index (Phi) is 6.64. The van der Waals surface area contributed by atoms with E-state index in [0.717, 1.165) is 28.0 Å². The molecule has 0 fully saturated rings. The van der Waals surface area contributed by atoms with Gasteiger partial charge in [-0.3, -0.25) is 9.55 Å². The van der Waals surface area contributed by atoms with Crippen molar-refractivity contribution >= 4 is 70.1 Å². The molecule has 0 radical (unpaired) electrons. The number of benzene rings is 2. The Labute approximate surface area is 219 Å². The quantitative estimate of drug-likeness (QED) is 0.196. The van der Waals surface area contributed by atoms with Crippen LogP contribution in [-0.4, -0.2) is 23.2 Å². The van der Waals surface area contributed by atoms with Crippen LogP contribution < -0.4 is 10.4 Å². The molecular formula is C25H17Cl2N2O5PS. The minimum absolute atomic E-state index is 0.0141. The number of hydrogen-bond donors (Lipinski definition) is 2. The van der Waals surface area contributed by atoms with Crippen LogP contribution in [0.4, 0.5) is 5.69 Å². The van der Waals surface area contributed by atoms with E-state index in [1.165, 1.54) is 25.3 Å². The van der Waals surface area contributed by atoms with E-state index in [0.29, 0.717) is 21.2 Å². The van der Waals surface area contributed by atoms with Gasteiger partial charge < -0.3 is 19.1 Å². The van der Waals surface area contributed by atoms with Gasteiger partial charge in [0, 0.05) is 34.8 Å². The fourth-order valence-corrected chi connectivity index (χ4v) is 6.96. The van der Waals surface area contributed by atoms with Crippen LogP contribution in [0.25, 0.3) is 32.9 Å². The van der Waals surface area contributed by atoms with Crippen molar-refractivity contribution in [3.05, 3.63) is 87.8 Å². The highest BCUT2D eigenvalue weighted by Gasteiger charge is 2.30. The number of anilines is 1. The molecule has 0 spiro atoms. The zero-order valence-electron chi connectivity index (χ0n) is 18.6.